The van der Waals surface area contributed by atoms with Crippen LogP contribution in [0.5, 0.6) is 0 Å². The number of fused-ring (bicyclic) bond motifs is 2. The second-order valence-electron chi connectivity index (χ2n) is 3.54. The molecule has 2 heterocycles. The van der Waals surface area contributed by atoms with Gasteiger partial charge in [0.25, 0.3) is 0 Å². The van der Waals surface area contributed by atoms with Gasteiger partial charge in [-0.1, -0.05) is 13.8 Å². The van der Waals surface area contributed by atoms with Gasteiger partial charge in [-0.2, -0.15) is 0 Å². The fraction of sp³-hybridized carbons (Fsp3) is 0.750. The topological polar surface area (TPSA) is 55.4 Å². The van der Waals surface area contributed by atoms with Crippen LogP contribution in [-0.2, 0) is 14.3 Å². The van der Waals surface area contributed by atoms with Crippen molar-refractivity contribution in [3.05, 3.63) is 0 Å². The summed E-state index contributed by atoms with van der Waals surface area (Å²) in [5.41, 5.74) is 0. The first kappa shape index (κ1) is 7.58. The highest BCUT2D eigenvalue weighted by molar-refractivity contribution is 5.90. The van der Waals surface area contributed by atoms with Crippen molar-refractivity contribution in [2.45, 2.75) is 26.0 Å². The van der Waals surface area contributed by atoms with E-state index in [2.05, 4.69) is 5.32 Å². The van der Waals surface area contributed by atoms with Crippen LogP contribution in [0.4, 0.5) is 0 Å². The van der Waals surface area contributed by atoms with E-state index in [9.17, 15) is 9.59 Å². The lowest BCUT2D eigenvalue weighted by atomic mass is 9.86. The smallest absolute Gasteiger partial charge is 0.329 e. The number of piperidine rings is 1. The average molecular weight is 169 g/mol. The van der Waals surface area contributed by atoms with E-state index in [0.29, 0.717) is 0 Å². The molecule has 0 radical (unpaired) electrons. The van der Waals surface area contributed by atoms with Gasteiger partial charge in [-0.15, -0.1) is 0 Å². The highest BCUT2D eigenvalue weighted by Gasteiger charge is 2.51. The van der Waals surface area contributed by atoms with Crippen LogP contribution in [0.25, 0.3) is 0 Å². The van der Waals surface area contributed by atoms with Crippen LogP contribution >= 0.6 is 0 Å². The molecule has 4 unspecified atom stereocenters. The van der Waals surface area contributed by atoms with Crippen LogP contribution in [0.15, 0.2) is 0 Å². The summed E-state index contributed by atoms with van der Waals surface area (Å²) < 4.78 is 5.06. The maximum Gasteiger partial charge on any atom is 0.329 e. The monoisotopic (exact) mass is 169 g/mol. The second-order valence-corrected chi connectivity index (χ2v) is 3.54. The number of esters is 1. The number of nitrogens with one attached hydrogen (secondary N) is 1. The van der Waals surface area contributed by atoms with E-state index in [1.165, 1.54) is 0 Å². The maximum absolute atomic E-state index is 11.2. The van der Waals surface area contributed by atoms with Gasteiger partial charge in [0.15, 0.2) is 0 Å². The van der Waals surface area contributed by atoms with Crippen molar-refractivity contribution in [3.8, 4) is 0 Å². The Labute approximate surface area is 70.3 Å². The Kier molecular flexibility index (Phi) is 1.40. The van der Waals surface area contributed by atoms with Crippen LogP contribution in [-0.4, -0.2) is 24.0 Å². The van der Waals surface area contributed by atoms with E-state index in [0.717, 1.165) is 0 Å². The van der Waals surface area contributed by atoms with Crippen LogP contribution in [0.2, 0.25) is 0 Å². The predicted octanol–water partition coefficient (Wildman–Crippen LogP) is -0.318. The van der Waals surface area contributed by atoms with Gasteiger partial charge < -0.3 is 10.1 Å². The van der Waals surface area contributed by atoms with E-state index in [1.807, 2.05) is 6.92 Å². The summed E-state index contributed by atoms with van der Waals surface area (Å²) in [5, 5.41) is 2.64. The molecule has 2 aliphatic heterocycles. The van der Waals surface area contributed by atoms with Crippen LogP contribution in [0.3, 0.4) is 0 Å². The highest BCUT2D eigenvalue weighted by atomic mass is 16.6. The number of rotatable bonds is 0. The maximum atomic E-state index is 11.2. The number of carbonyl (C=O) groups is 2. The largest absolute Gasteiger partial charge is 0.460 e. The summed E-state index contributed by atoms with van der Waals surface area (Å²) in [7, 11) is 0. The molecule has 0 aromatic rings. The molecule has 2 saturated heterocycles. The molecule has 0 aromatic heterocycles. The Bertz CT molecular complexity index is 249. The van der Waals surface area contributed by atoms with Crippen molar-refractivity contribution in [2.24, 2.45) is 11.8 Å². The molecule has 12 heavy (non-hydrogen) atoms. The minimum Gasteiger partial charge on any atom is -0.460 e. The quantitative estimate of drug-likeness (QED) is 0.506. The number of hydrogen-bond acceptors (Lipinski definition) is 3. The third-order valence-corrected chi connectivity index (χ3v) is 2.75. The molecule has 2 aliphatic rings. The van der Waals surface area contributed by atoms with Crippen molar-refractivity contribution in [1.29, 1.82) is 0 Å². The van der Waals surface area contributed by atoms with E-state index in [1.54, 1.807) is 6.92 Å². The molecule has 0 spiro atoms. The summed E-state index contributed by atoms with van der Waals surface area (Å²) in [6, 6.07) is -0.404. The van der Waals surface area contributed by atoms with Crippen LogP contribution in [0.1, 0.15) is 13.8 Å². The molecular formula is C8H11NO3. The lowest BCUT2D eigenvalue weighted by molar-refractivity contribution is -0.143. The Morgan fingerprint density at radius 1 is 1.33 bits per heavy atom. The third-order valence-electron chi connectivity index (χ3n) is 2.75. The minimum atomic E-state index is -0.404. The number of amides is 1. The zero-order valence-corrected chi connectivity index (χ0v) is 7.03. The molecule has 0 saturated carbocycles. The molecule has 66 valence electrons. The molecule has 1 amide bonds. The standard InChI is InChI=1S/C8H11NO3/c1-3-5-8(11)12-6(3)4(2)7(10)9-5/h3-6H,1-2H3,(H,9,10). The van der Waals surface area contributed by atoms with Crippen molar-refractivity contribution >= 4 is 11.9 Å². The molecule has 0 aliphatic carbocycles. The molecule has 1 N–H and O–H groups in total. The zero-order valence-electron chi connectivity index (χ0n) is 7.03. The normalized spacial score (nSPS) is 45.5. The molecule has 2 rings (SSSR count). The SMILES string of the molecule is CC1C(=O)NC2C(=O)OC1C2C. The van der Waals surface area contributed by atoms with Gasteiger partial charge in [-0.3, -0.25) is 4.79 Å². The summed E-state index contributed by atoms with van der Waals surface area (Å²) in [4.78, 5) is 22.3. The van der Waals surface area contributed by atoms with Gasteiger partial charge in [0.1, 0.15) is 12.1 Å². The highest BCUT2D eigenvalue weighted by Crippen LogP contribution is 2.31. The van der Waals surface area contributed by atoms with Gasteiger partial charge in [0.05, 0.1) is 5.92 Å². The van der Waals surface area contributed by atoms with Gasteiger partial charge in [0.2, 0.25) is 5.91 Å². The predicted molar refractivity (Wildman–Crippen MR) is 40.1 cm³/mol. The Hall–Kier alpha value is -1.06. The van der Waals surface area contributed by atoms with E-state index in [-0.39, 0.29) is 29.8 Å². The first-order valence-corrected chi connectivity index (χ1v) is 4.12. The first-order valence-electron chi connectivity index (χ1n) is 4.12. The van der Waals surface area contributed by atoms with E-state index >= 15 is 0 Å². The Morgan fingerprint density at radius 2 is 2.00 bits per heavy atom. The Balaban J connectivity index is 2.31. The van der Waals surface area contributed by atoms with Gasteiger partial charge in [-0.25, -0.2) is 4.79 Å². The summed E-state index contributed by atoms with van der Waals surface area (Å²) in [5.74, 6) is -0.452. The molecule has 2 bridgehead atoms. The van der Waals surface area contributed by atoms with Crippen molar-refractivity contribution in [3.63, 3.8) is 0 Å². The summed E-state index contributed by atoms with van der Waals surface area (Å²) in [6.45, 7) is 3.71. The molecule has 0 aromatic carbocycles. The summed E-state index contributed by atoms with van der Waals surface area (Å²) >= 11 is 0. The van der Waals surface area contributed by atoms with Gasteiger partial charge >= 0.3 is 5.97 Å². The molecule has 4 atom stereocenters. The van der Waals surface area contributed by atoms with Crippen LogP contribution < -0.4 is 5.32 Å². The van der Waals surface area contributed by atoms with Crippen molar-refractivity contribution in [1.82, 2.24) is 5.32 Å². The fourth-order valence-corrected chi connectivity index (χ4v) is 1.90. The average Bonchev–Trinajstić information content (AvgIpc) is 2.23. The van der Waals surface area contributed by atoms with Crippen molar-refractivity contribution < 1.29 is 14.3 Å². The first-order chi connectivity index (χ1) is 5.61. The third kappa shape index (κ3) is 0.777. The summed E-state index contributed by atoms with van der Waals surface area (Å²) in [6.07, 6.45) is -0.212. The van der Waals surface area contributed by atoms with Crippen molar-refractivity contribution in [2.75, 3.05) is 0 Å². The van der Waals surface area contributed by atoms with E-state index < -0.39 is 6.04 Å². The van der Waals surface area contributed by atoms with Gasteiger partial charge in [0, 0.05) is 5.92 Å². The molecule has 2 fully saturated rings. The minimum absolute atomic E-state index is 0.0750. The molecule has 4 nitrogen and oxygen atoms in total. The lowest BCUT2D eigenvalue weighted by Gasteiger charge is -2.27. The fourth-order valence-electron chi connectivity index (χ4n) is 1.90. The van der Waals surface area contributed by atoms with Crippen LogP contribution in [0, 0.1) is 11.8 Å². The number of hydrogen-bond donors (Lipinski definition) is 1. The number of carbonyl (C=O) groups excluding carboxylic acids is 2. The molecular weight excluding hydrogens is 158 g/mol. The zero-order chi connectivity index (χ0) is 8.88. The molecule has 4 heteroatoms. The second kappa shape index (κ2) is 2.21. The van der Waals surface area contributed by atoms with Gasteiger partial charge in [-0.05, 0) is 0 Å². The lowest BCUT2D eigenvalue weighted by Crippen LogP contribution is -2.51. The van der Waals surface area contributed by atoms with E-state index in [4.69, 9.17) is 4.74 Å². The Morgan fingerprint density at radius 3 is 2.67 bits per heavy atom. The number of ether oxygens (including phenoxy) is 1.